The van der Waals surface area contributed by atoms with Crippen LogP contribution in [0.25, 0.3) is 11.3 Å². The Kier molecular flexibility index (Phi) is 8.54. The van der Waals surface area contributed by atoms with Gasteiger partial charge in [0.2, 0.25) is 0 Å². The second-order valence-electron chi connectivity index (χ2n) is 7.39. The lowest BCUT2D eigenvalue weighted by atomic mass is 10.1. The van der Waals surface area contributed by atoms with Crippen LogP contribution in [0.4, 0.5) is 11.6 Å². The smallest absolute Gasteiger partial charge is 0.251 e. The van der Waals surface area contributed by atoms with Gasteiger partial charge in [-0.05, 0) is 36.2 Å². The van der Waals surface area contributed by atoms with Crippen molar-refractivity contribution >= 4 is 17.5 Å². The molecule has 2 N–H and O–H groups in total. The van der Waals surface area contributed by atoms with Gasteiger partial charge in [-0.15, -0.1) is 0 Å². The number of ether oxygens (including phenoxy) is 2. The Morgan fingerprint density at radius 1 is 1.09 bits per heavy atom. The number of methoxy groups -OCH3 is 2. The van der Waals surface area contributed by atoms with Crippen molar-refractivity contribution in [2.45, 2.75) is 6.42 Å². The maximum absolute atomic E-state index is 11.8. The van der Waals surface area contributed by atoms with Gasteiger partial charge in [0.05, 0.1) is 19.4 Å². The van der Waals surface area contributed by atoms with Crippen molar-refractivity contribution in [1.29, 1.82) is 0 Å². The van der Waals surface area contributed by atoms with Crippen molar-refractivity contribution < 1.29 is 14.3 Å². The number of carbonyl (C=O) groups excluding carboxylic acids is 1. The largest absolute Gasteiger partial charge is 0.496 e. The maximum Gasteiger partial charge on any atom is 0.251 e. The molecule has 0 unspecified atom stereocenters. The molecule has 0 fully saturated rings. The first-order valence-corrected chi connectivity index (χ1v) is 10.7. The number of nitrogens with one attached hydrogen (secondary N) is 2. The number of aromatic nitrogens is 3. The Morgan fingerprint density at radius 2 is 1.94 bits per heavy atom. The van der Waals surface area contributed by atoms with Gasteiger partial charge in [0, 0.05) is 57.7 Å². The monoisotopic (exact) mass is 450 g/mol. The second kappa shape index (κ2) is 11.8. The number of carbonyl (C=O) groups is 1. The summed E-state index contributed by atoms with van der Waals surface area (Å²) in [5.74, 6) is 2.14. The third-order valence-corrected chi connectivity index (χ3v) is 5.21. The van der Waals surface area contributed by atoms with Crippen molar-refractivity contribution in [2.75, 3.05) is 58.2 Å². The summed E-state index contributed by atoms with van der Waals surface area (Å²) in [5.41, 5.74) is 3.27. The Balaban J connectivity index is 1.62. The van der Waals surface area contributed by atoms with E-state index in [1.165, 1.54) is 6.33 Å². The van der Waals surface area contributed by atoms with E-state index in [0.29, 0.717) is 30.9 Å². The fraction of sp³-hybridized carbons (Fsp3) is 0.333. The van der Waals surface area contributed by atoms with E-state index in [-0.39, 0.29) is 5.91 Å². The number of hydrogen-bond acceptors (Lipinski definition) is 8. The van der Waals surface area contributed by atoms with Crippen molar-refractivity contribution in [3.63, 3.8) is 0 Å². The summed E-state index contributed by atoms with van der Waals surface area (Å²) in [6.45, 7) is 2.06. The number of hydrogen-bond donors (Lipinski definition) is 2. The molecule has 0 saturated heterocycles. The Bertz CT molecular complexity index is 1060. The zero-order valence-electron chi connectivity index (χ0n) is 19.5. The van der Waals surface area contributed by atoms with Crippen LogP contribution in [0.5, 0.6) is 5.75 Å². The standard InChI is InChI=1S/C24H30N6O3/c1-25-24(31)18-6-5-17(21(13-18)33-4)9-10-26-22-14-20(28-16-29-22)19-7-8-23(27-15-19)30(2)11-12-32-3/h5-8,13-16H,9-12H2,1-4H3,(H,25,31)(H,26,28,29). The molecule has 0 radical (unpaired) electrons. The number of pyridine rings is 1. The van der Waals surface area contributed by atoms with E-state index in [2.05, 4.69) is 25.6 Å². The van der Waals surface area contributed by atoms with E-state index in [4.69, 9.17) is 9.47 Å². The molecule has 0 aliphatic rings. The van der Waals surface area contributed by atoms with E-state index in [0.717, 1.165) is 35.0 Å². The molecule has 0 spiro atoms. The van der Waals surface area contributed by atoms with E-state index >= 15 is 0 Å². The molecule has 0 bridgehead atoms. The van der Waals surface area contributed by atoms with Crippen LogP contribution in [0.15, 0.2) is 48.9 Å². The first-order valence-electron chi connectivity index (χ1n) is 10.7. The lowest BCUT2D eigenvalue weighted by Gasteiger charge is -2.17. The summed E-state index contributed by atoms with van der Waals surface area (Å²) in [5, 5.41) is 5.95. The highest BCUT2D eigenvalue weighted by Crippen LogP contribution is 2.22. The minimum atomic E-state index is -0.143. The number of likely N-dealkylation sites (N-methyl/N-ethyl adjacent to an activating group) is 1. The molecule has 0 saturated carbocycles. The first-order chi connectivity index (χ1) is 16.0. The van der Waals surface area contributed by atoms with Gasteiger partial charge in [-0.1, -0.05) is 6.07 Å². The third kappa shape index (κ3) is 6.39. The van der Waals surface area contributed by atoms with Crippen molar-refractivity contribution in [3.8, 4) is 17.0 Å². The predicted molar refractivity (Wildman–Crippen MR) is 129 cm³/mol. The maximum atomic E-state index is 11.8. The molecule has 9 nitrogen and oxygen atoms in total. The molecule has 2 heterocycles. The Morgan fingerprint density at radius 3 is 2.64 bits per heavy atom. The summed E-state index contributed by atoms with van der Waals surface area (Å²) < 4.78 is 10.6. The first kappa shape index (κ1) is 23.9. The molecule has 174 valence electrons. The van der Waals surface area contributed by atoms with Gasteiger partial charge in [-0.25, -0.2) is 15.0 Å². The fourth-order valence-electron chi connectivity index (χ4n) is 3.28. The zero-order chi connectivity index (χ0) is 23.6. The van der Waals surface area contributed by atoms with Crippen LogP contribution in [0.2, 0.25) is 0 Å². The molecule has 0 aliphatic heterocycles. The van der Waals surface area contributed by atoms with Gasteiger partial charge in [0.25, 0.3) is 5.91 Å². The van der Waals surface area contributed by atoms with E-state index < -0.39 is 0 Å². The number of anilines is 2. The van der Waals surface area contributed by atoms with Gasteiger partial charge in [0.15, 0.2) is 0 Å². The summed E-state index contributed by atoms with van der Waals surface area (Å²) in [4.78, 5) is 27.1. The topological polar surface area (TPSA) is 102 Å². The van der Waals surface area contributed by atoms with E-state index in [1.54, 1.807) is 33.4 Å². The summed E-state index contributed by atoms with van der Waals surface area (Å²) in [7, 11) is 6.87. The van der Waals surface area contributed by atoms with Gasteiger partial charge in [-0.2, -0.15) is 0 Å². The van der Waals surface area contributed by atoms with E-state index in [1.807, 2.05) is 42.4 Å². The summed E-state index contributed by atoms with van der Waals surface area (Å²) in [6.07, 6.45) is 4.05. The van der Waals surface area contributed by atoms with Crippen molar-refractivity contribution in [2.24, 2.45) is 0 Å². The molecule has 9 heteroatoms. The number of amides is 1. The minimum Gasteiger partial charge on any atom is -0.496 e. The molecule has 33 heavy (non-hydrogen) atoms. The van der Waals surface area contributed by atoms with Gasteiger partial charge in [-0.3, -0.25) is 4.79 Å². The molecular weight excluding hydrogens is 420 g/mol. The number of benzene rings is 1. The molecule has 1 amide bonds. The van der Waals surface area contributed by atoms with Crippen LogP contribution < -0.4 is 20.3 Å². The Labute approximate surface area is 194 Å². The average Bonchev–Trinajstić information content (AvgIpc) is 2.87. The van der Waals surface area contributed by atoms with Crippen LogP contribution in [0.1, 0.15) is 15.9 Å². The van der Waals surface area contributed by atoms with Crippen molar-refractivity contribution in [1.82, 2.24) is 20.3 Å². The third-order valence-electron chi connectivity index (χ3n) is 5.21. The van der Waals surface area contributed by atoms with Gasteiger partial charge < -0.3 is 25.0 Å². The van der Waals surface area contributed by atoms with Gasteiger partial charge >= 0.3 is 0 Å². The fourth-order valence-corrected chi connectivity index (χ4v) is 3.28. The molecular formula is C24H30N6O3. The summed E-state index contributed by atoms with van der Waals surface area (Å²) >= 11 is 0. The quantitative estimate of drug-likeness (QED) is 0.460. The number of nitrogens with zero attached hydrogens (tertiary/aromatic N) is 4. The highest BCUT2D eigenvalue weighted by molar-refractivity contribution is 5.94. The highest BCUT2D eigenvalue weighted by atomic mass is 16.5. The lowest BCUT2D eigenvalue weighted by Crippen LogP contribution is -2.22. The minimum absolute atomic E-state index is 0.143. The lowest BCUT2D eigenvalue weighted by molar-refractivity contribution is 0.0962. The molecule has 3 aromatic rings. The molecule has 0 aliphatic carbocycles. The molecule has 0 atom stereocenters. The summed E-state index contributed by atoms with van der Waals surface area (Å²) in [6, 6.07) is 11.3. The number of rotatable bonds is 11. The normalized spacial score (nSPS) is 10.5. The Hall–Kier alpha value is -3.72. The molecule has 1 aromatic carbocycles. The highest BCUT2D eigenvalue weighted by Gasteiger charge is 2.10. The zero-order valence-corrected chi connectivity index (χ0v) is 19.5. The van der Waals surface area contributed by atoms with Gasteiger partial charge in [0.1, 0.15) is 23.7 Å². The second-order valence-corrected chi connectivity index (χ2v) is 7.39. The van der Waals surface area contributed by atoms with Crippen LogP contribution in [0, 0.1) is 0 Å². The van der Waals surface area contributed by atoms with E-state index in [9.17, 15) is 4.79 Å². The van der Waals surface area contributed by atoms with Crippen LogP contribution in [0.3, 0.4) is 0 Å². The average molecular weight is 451 g/mol. The van der Waals surface area contributed by atoms with Crippen LogP contribution >= 0.6 is 0 Å². The van der Waals surface area contributed by atoms with Crippen LogP contribution in [-0.2, 0) is 11.2 Å². The molecule has 3 rings (SSSR count). The SMILES string of the molecule is CNC(=O)c1ccc(CCNc2cc(-c3ccc(N(C)CCOC)nc3)ncn2)c(OC)c1. The predicted octanol–water partition coefficient (Wildman–Crippen LogP) is 2.64. The van der Waals surface area contributed by atoms with Crippen LogP contribution in [-0.4, -0.2) is 68.9 Å². The van der Waals surface area contributed by atoms with Crippen molar-refractivity contribution in [3.05, 3.63) is 60.0 Å². The molecule has 2 aromatic heterocycles.